The minimum absolute atomic E-state index is 0.00869. The average Bonchev–Trinajstić information content (AvgIpc) is 2.44. The standard InChI is InChI=1S/C15H28N4O5/c1-4-5-12(20)18-10(6-7-17-15(23)24)14(22)19-11(13(16)21)8-9(2)3/h9-11,17H,4-8H2,1-3H3,(H2,16,21)(H,18,20)(H,19,22)(H,23,24). The lowest BCUT2D eigenvalue weighted by Gasteiger charge is -2.23. The molecule has 0 aliphatic carbocycles. The van der Waals surface area contributed by atoms with Crippen LogP contribution in [0.2, 0.25) is 0 Å². The van der Waals surface area contributed by atoms with Crippen molar-refractivity contribution < 1.29 is 24.3 Å². The molecule has 0 rings (SSSR count). The zero-order valence-corrected chi connectivity index (χ0v) is 14.4. The van der Waals surface area contributed by atoms with E-state index < -0.39 is 30.0 Å². The average molecular weight is 344 g/mol. The highest BCUT2D eigenvalue weighted by atomic mass is 16.4. The van der Waals surface area contributed by atoms with E-state index in [1.165, 1.54) is 0 Å². The van der Waals surface area contributed by atoms with E-state index in [4.69, 9.17) is 10.8 Å². The molecule has 0 aliphatic rings. The van der Waals surface area contributed by atoms with E-state index in [0.717, 1.165) is 0 Å². The third-order valence-electron chi connectivity index (χ3n) is 3.21. The maximum atomic E-state index is 12.3. The maximum absolute atomic E-state index is 12.3. The molecule has 138 valence electrons. The van der Waals surface area contributed by atoms with Crippen LogP contribution in [0.3, 0.4) is 0 Å². The van der Waals surface area contributed by atoms with E-state index in [0.29, 0.717) is 12.8 Å². The lowest BCUT2D eigenvalue weighted by atomic mass is 10.0. The lowest BCUT2D eigenvalue weighted by molar-refractivity contribution is -0.131. The van der Waals surface area contributed by atoms with Crippen LogP contribution in [0.5, 0.6) is 0 Å². The lowest BCUT2D eigenvalue weighted by Crippen LogP contribution is -2.54. The second-order valence-corrected chi connectivity index (χ2v) is 5.98. The van der Waals surface area contributed by atoms with Gasteiger partial charge in [0.1, 0.15) is 12.1 Å². The Morgan fingerprint density at radius 2 is 1.71 bits per heavy atom. The number of carbonyl (C=O) groups excluding carboxylic acids is 3. The molecule has 6 N–H and O–H groups in total. The molecule has 0 aromatic rings. The molecule has 0 heterocycles. The third-order valence-corrected chi connectivity index (χ3v) is 3.21. The van der Waals surface area contributed by atoms with Crippen LogP contribution < -0.4 is 21.7 Å². The SMILES string of the molecule is CCCC(=O)NC(CCNC(=O)O)C(=O)NC(CC(C)C)C(N)=O. The van der Waals surface area contributed by atoms with Crippen LogP contribution in [0.25, 0.3) is 0 Å². The molecule has 2 unspecified atom stereocenters. The number of hydrogen-bond acceptors (Lipinski definition) is 4. The normalized spacial score (nSPS) is 13.0. The van der Waals surface area contributed by atoms with Crippen LogP contribution in [0.15, 0.2) is 0 Å². The number of primary amides is 1. The zero-order chi connectivity index (χ0) is 18.7. The van der Waals surface area contributed by atoms with Gasteiger partial charge in [-0.2, -0.15) is 0 Å². The van der Waals surface area contributed by atoms with E-state index in [9.17, 15) is 19.2 Å². The monoisotopic (exact) mass is 344 g/mol. The fourth-order valence-electron chi connectivity index (χ4n) is 2.08. The Bertz CT molecular complexity index is 453. The molecule has 0 spiro atoms. The molecule has 0 saturated heterocycles. The number of carbonyl (C=O) groups is 4. The van der Waals surface area contributed by atoms with Crippen LogP contribution in [0.4, 0.5) is 4.79 Å². The van der Waals surface area contributed by atoms with Crippen LogP contribution >= 0.6 is 0 Å². The molecule has 2 atom stereocenters. The maximum Gasteiger partial charge on any atom is 0.404 e. The molecule has 9 nitrogen and oxygen atoms in total. The van der Waals surface area contributed by atoms with Gasteiger partial charge in [-0.05, 0) is 25.2 Å². The van der Waals surface area contributed by atoms with Gasteiger partial charge in [0.2, 0.25) is 17.7 Å². The van der Waals surface area contributed by atoms with Crippen LogP contribution in [0.1, 0.15) is 46.5 Å². The molecule has 0 radical (unpaired) electrons. The summed E-state index contributed by atoms with van der Waals surface area (Å²) < 4.78 is 0. The first-order valence-corrected chi connectivity index (χ1v) is 8.03. The molecule has 0 bridgehead atoms. The van der Waals surface area contributed by atoms with Crippen molar-refractivity contribution in [2.24, 2.45) is 11.7 Å². The highest BCUT2D eigenvalue weighted by Gasteiger charge is 2.25. The minimum atomic E-state index is -1.22. The second kappa shape index (κ2) is 11.3. The van der Waals surface area contributed by atoms with Gasteiger partial charge in [0, 0.05) is 13.0 Å². The molecular formula is C15H28N4O5. The fourth-order valence-corrected chi connectivity index (χ4v) is 2.08. The number of nitrogens with one attached hydrogen (secondary N) is 3. The first kappa shape index (κ1) is 21.7. The molecular weight excluding hydrogens is 316 g/mol. The summed E-state index contributed by atoms with van der Waals surface area (Å²) in [5, 5.41) is 15.8. The van der Waals surface area contributed by atoms with Crippen LogP contribution in [-0.4, -0.2) is 47.5 Å². The molecule has 0 fully saturated rings. The van der Waals surface area contributed by atoms with E-state index in [2.05, 4.69) is 16.0 Å². The summed E-state index contributed by atoms with van der Waals surface area (Å²) in [6, 6.07) is -1.78. The molecule has 0 aromatic carbocycles. The van der Waals surface area contributed by atoms with Crippen molar-refractivity contribution >= 4 is 23.8 Å². The first-order valence-electron chi connectivity index (χ1n) is 8.03. The summed E-state index contributed by atoms with van der Waals surface area (Å²) in [4.78, 5) is 46.0. The minimum Gasteiger partial charge on any atom is -0.465 e. The van der Waals surface area contributed by atoms with Crippen molar-refractivity contribution in [2.45, 2.75) is 58.5 Å². The van der Waals surface area contributed by atoms with Crippen molar-refractivity contribution in [3.63, 3.8) is 0 Å². The molecule has 9 heteroatoms. The number of carboxylic acid groups (broad SMARTS) is 1. The van der Waals surface area contributed by atoms with Crippen molar-refractivity contribution in [3.8, 4) is 0 Å². The van der Waals surface area contributed by atoms with Gasteiger partial charge >= 0.3 is 6.09 Å². The van der Waals surface area contributed by atoms with Gasteiger partial charge in [0.15, 0.2) is 0 Å². The predicted octanol–water partition coefficient (Wildman–Crippen LogP) is -0.0548. The van der Waals surface area contributed by atoms with Gasteiger partial charge in [-0.25, -0.2) is 4.79 Å². The number of amides is 4. The van der Waals surface area contributed by atoms with E-state index in [1.807, 2.05) is 20.8 Å². The fraction of sp³-hybridized carbons (Fsp3) is 0.733. The topological polar surface area (TPSA) is 151 Å². The summed E-state index contributed by atoms with van der Waals surface area (Å²) in [6.45, 7) is 5.59. The largest absolute Gasteiger partial charge is 0.465 e. The van der Waals surface area contributed by atoms with Gasteiger partial charge in [0.25, 0.3) is 0 Å². The third kappa shape index (κ3) is 9.65. The highest BCUT2D eigenvalue weighted by molar-refractivity contribution is 5.91. The molecule has 4 amide bonds. The van der Waals surface area contributed by atoms with Crippen LogP contribution in [0, 0.1) is 5.92 Å². The Balaban J connectivity index is 4.87. The van der Waals surface area contributed by atoms with Gasteiger partial charge in [0.05, 0.1) is 0 Å². The van der Waals surface area contributed by atoms with Gasteiger partial charge in [-0.3, -0.25) is 14.4 Å². The molecule has 24 heavy (non-hydrogen) atoms. The van der Waals surface area contributed by atoms with E-state index in [1.54, 1.807) is 0 Å². The predicted molar refractivity (Wildman–Crippen MR) is 88.1 cm³/mol. The van der Waals surface area contributed by atoms with Crippen molar-refractivity contribution in [2.75, 3.05) is 6.54 Å². The van der Waals surface area contributed by atoms with Gasteiger partial charge in [-0.1, -0.05) is 20.8 Å². The molecule has 0 saturated carbocycles. The molecule has 0 aliphatic heterocycles. The first-order chi connectivity index (χ1) is 11.2. The number of rotatable bonds is 11. The van der Waals surface area contributed by atoms with Crippen molar-refractivity contribution in [1.29, 1.82) is 0 Å². The second-order valence-electron chi connectivity index (χ2n) is 5.98. The Morgan fingerprint density at radius 1 is 1.08 bits per heavy atom. The number of hydrogen-bond donors (Lipinski definition) is 5. The Labute approximate surface area is 141 Å². The highest BCUT2D eigenvalue weighted by Crippen LogP contribution is 2.05. The Kier molecular flexibility index (Phi) is 10.2. The van der Waals surface area contributed by atoms with Crippen LogP contribution in [-0.2, 0) is 14.4 Å². The summed E-state index contributed by atoms with van der Waals surface area (Å²) in [7, 11) is 0. The van der Waals surface area contributed by atoms with E-state index >= 15 is 0 Å². The summed E-state index contributed by atoms with van der Waals surface area (Å²) in [5.74, 6) is -1.38. The van der Waals surface area contributed by atoms with E-state index in [-0.39, 0.29) is 31.2 Å². The Hall–Kier alpha value is -2.32. The summed E-state index contributed by atoms with van der Waals surface area (Å²) in [6.07, 6.45) is 0.0978. The summed E-state index contributed by atoms with van der Waals surface area (Å²) in [5.41, 5.74) is 5.29. The number of nitrogens with two attached hydrogens (primary N) is 1. The quantitative estimate of drug-likeness (QED) is 0.356. The van der Waals surface area contributed by atoms with Gasteiger partial charge < -0.3 is 26.8 Å². The van der Waals surface area contributed by atoms with Crippen molar-refractivity contribution in [3.05, 3.63) is 0 Å². The zero-order valence-electron chi connectivity index (χ0n) is 14.4. The molecule has 0 aromatic heterocycles. The summed E-state index contributed by atoms with van der Waals surface area (Å²) >= 11 is 0. The smallest absolute Gasteiger partial charge is 0.404 e. The Morgan fingerprint density at radius 3 is 2.17 bits per heavy atom. The van der Waals surface area contributed by atoms with Gasteiger partial charge in [-0.15, -0.1) is 0 Å². The van der Waals surface area contributed by atoms with Crippen molar-refractivity contribution in [1.82, 2.24) is 16.0 Å².